The molecule has 0 amide bonds. The summed E-state index contributed by atoms with van der Waals surface area (Å²) in [7, 11) is 1.70. The van der Waals surface area contributed by atoms with Crippen molar-refractivity contribution in [2.45, 2.75) is 19.4 Å². The Kier molecular flexibility index (Phi) is 2.85. The van der Waals surface area contributed by atoms with Crippen molar-refractivity contribution in [1.82, 2.24) is 4.98 Å². The molecule has 0 unspecified atom stereocenters. The van der Waals surface area contributed by atoms with E-state index >= 15 is 0 Å². The Hall–Kier alpha value is -0.410. The van der Waals surface area contributed by atoms with Crippen LogP contribution < -0.4 is 0 Å². The molecule has 3 heteroatoms. The predicted molar refractivity (Wildman–Crippen MR) is 52.0 cm³/mol. The molecule has 0 aliphatic rings. The van der Waals surface area contributed by atoms with Gasteiger partial charge in [-0.3, -0.25) is 0 Å². The van der Waals surface area contributed by atoms with Crippen LogP contribution in [0.1, 0.15) is 19.4 Å². The molecule has 0 bridgehead atoms. The number of rotatable bonds is 2. The third kappa shape index (κ3) is 2.05. The number of ether oxygens (including phenoxy) is 1. The maximum atomic E-state index is 5.31. The minimum absolute atomic E-state index is 0.256. The number of nitrogens with zero attached hydrogens (tertiary/aromatic N) is 1. The highest BCUT2D eigenvalue weighted by Crippen LogP contribution is 2.23. The second-order valence-corrected chi connectivity index (χ2v) is 3.90. The van der Waals surface area contributed by atoms with E-state index in [0.717, 1.165) is 10.2 Å². The lowest BCUT2D eigenvalue weighted by Gasteiger charge is -2.22. The van der Waals surface area contributed by atoms with Crippen LogP contribution >= 0.6 is 15.9 Å². The molecule has 0 spiro atoms. The Morgan fingerprint density at radius 2 is 2.08 bits per heavy atom. The van der Waals surface area contributed by atoms with E-state index in [0.29, 0.717) is 0 Å². The van der Waals surface area contributed by atoms with Gasteiger partial charge in [-0.2, -0.15) is 0 Å². The lowest BCUT2D eigenvalue weighted by Crippen LogP contribution is -2.19. The smallest absolute Gasteiger partial charge is 0.106 e. The first kappa shape index (κ1) is 9.68. The van der Waals surface area contributed by atoms with E-state index in [1.54, 1.807) is 7.11 Å². The molecule has 66 valence electrons. The average molecular weight is 230 g/mol. The fourth-order valence-corrected chi connectivity index (χ4v) is 1.08. The van der Waals surface area contributed by atoms with Crippen molar-refractivity contribution in [2.24, 2.45) is 0 Å². The van der Waals surface area contributed by atoms with Crippen LogP contribution in [0.15, 0.2) is 22.9 Å². The Balaban J connectivity index is 2.96. The molecule has 1 heterocycles. The molecule has 0 fully saturated rings. The molecule has 0 saturated carbocycles. The van der Waals surface area contributed by atoms with Crippen molar-refractivity contribution in [2.75, 3.05) is 7.11 Å². The Morgan fingerprint density at radius 3 is 2.50 bits per heavy atom. The van der Waals surface area contributed by atoms with Gasteiger partial charge in [0.25, 0.3) is 0 Å². The number of hydrogen-bond donors (Lipinski definition) is 0. The van der Waals surface area contributed by atoms with E-state index < -0.39 is 0 Å². The predicted octanol–water partition coefficient (Wildman–Crippen LogP) is 2.73. The maximum Gasteiger partial charge on any atom is 0.106 e. The largest absolute Gasteiger partial charge is 0.374 e. The van der Waals surface area contributed by atoms with E-state index in [-0.39, 0.29) is 5.60 Å². The van der Waals surface area contributed by atoms with Crippen molar-refractivity contribution in [3.05, 3.63) is 28.5 Å². The highest BCUT2D eigenvalue weighted by molar-refractivity contribution is 9.10. The molecule has 0 aromatic carbocycles. The van der Waals surface area contributed by atoms with Crippen molar-refractivity contribution in [1.29, 1.82) is 0 Å². The first-order valence-corrected chi connectivity index (χ1v) is 4.53. The lowest BCUT2D eigenvalue weighted by molar-refractivity contribution is 0.0189. The fraction of sp³-hybridized carbons (Fsp3) is 0.444. The minimum Gasteiger partial charge on any atom is -0.374 e. The van der Waals surface area contributed by atoms with Crippen molar-refractivity contribution >= 4 is 15.9 Å². The quantitative estimate of drug-likeness (QED) is 0.728. The second kappa shape index (κ2) is 3.54. The van der Waals surface area contributed by atoms with Gasteiger partial charge in [-0.25, -0.2) is 4.98 Å². The summed E-state index contributed by atoms with van der Waals surface area (Å²) in [6, 6.07) is 3.91. The van der Waals surface area contributed by atoms with Gasteiger partial charge in [-0.05, 0) is 35.8 Å². The third-order valence-corrected chi connectivity index (χ3v) is 2.40. The van der Waals surface area contributed by atoms with Gasteiger partial charge in [0.05, 0.1) is 5.60 Å². The van der Waals surface area contributed by atoms with Gasteiger partial charge < -0.3 is 4.74 Å². The molecule has 2 nitrogen and oxygen atoms in total. The summed E-state index contributed by atoms with van der Waals surface area (Å²) in [4.78, 5) is 4.13. The molecule has 0 saturated heterocycles. The summed E-state index contributed by atoms with van der Waals surface area (Å²) in [6.45, 7) is 4.02. The van der Waals surface area contributed by atoms with Gasteiger partial charge in [0, 0.05) is 18.9 Å². The molecule has 12 heavy (non-hydrogen) atoms. The molecule has 0 aliphatic heterocycles. The van der Waals surface area contributed by atoms with Crippen LogP contribution in [0, 0.1) is 0 Å². The summed E-state index contributed by atoms with van der Waals surface area (Å²) >= 11 is 3.28. The summed E-state index contributed by atoms with van der Waals surface area (Å²) in [5.41, 5.74) is 0.821. The third-order valence-electron chi connectivity index (χ3n) is 1.93. The zero-order valence-corrected chi connectivity index (χ0v) is 9.05. The fourth-order valence-electron chi connectivity index (χ4n) is 0.850. The van der Waals surface area contributed by atoms with Crippen molar-refractivity contribution in [3.8, 4) is 0 Å². The summed E-state index contributed by atoms with van der Waals surface area (Å²) in [6.07, 6.45) is 1.81. The van der Waals surface area contributed by atoms with Crippen LogP contribution in [0.25, 0.3) is 0 Å². The van der Waals surface area contributed by atoms with Crippen molar-refractivity contribution in [3.63, 3.8) is 0 Å². The van der Waals surface area contributed by atoms with E-state index in [1.807, 2.05) is 32.2 Å². The topological polar surface area (TPSA) is 22.1 Å². The molecular weight excluding hydrogens is 218 g/mol. The second-order valence-electron chi connectivity index (χ2n) is 3.08. The van der Waals surface area contributed by atoms with Crippen LogP contribution in [0.2, 0.25) is 0 Å². The summed E-state index contributed by atoms with van der Waals surface area (Å²) in [5, 5.41) is 0. The molecule has 1 aromatic rings. The maximum absolute atomic E-state index is 5.31. The van der Waals surface area contributed by atoms with E-state index in [1.165, 1.54) is 0 Å². The van der Waals surface area contributed by atoms with Crippen LogP contribution in [-0.4, -0.2) is 12.1 Å². The summed E-state index contributed by atoms with van der Waals surface area (Å²) < 4.78 is 6.15. The molecule has 0 atom stereocenters. The van der Waals surface area contributed by atoms with Gasteiger partial charge >= 0.3 is 0 Å². The van der Waals surface area contributed by atoms with Crippen LogP contribution in [0.4, 0.5) is 0 Å². The van der Waals surface area contributed by atoms with Crippen LogP contribution in [0.3, 0.4) is 0 Å². The standard InChI is InChI=1S/C9H12BrNO/c1-9(2,12-3)7-4-5-8(10)11-6-7/h4-6H,1-3H3. The summed E-state index contributed by atoms with van der Waals surface area (Å²) in [5.74, 6) is 0. The highest BCUT2D eigenvalue weighted by Gasteiger charge is 2.19. The number of methoxy groups -OCH3 is 1. The number of aromatic nitrogens is 1. The van der Waals surface area contributed by atoms with E-state index in [4.69, 9.17) is 4.74 Å². The van der Waals surface area contributed by atoms with Crippen LogP contribution in [0.5, 0.6) is 0 Å². The SMILES string of the molecule is COC(C)(C)c1ccc(Br)nc1. The minimum atomic E-state index is -0.256. The lowest BCUT2D eigenvalue weighted by atomic mass is 10.0. The number of halogens is 1. The van der Waals surface area contributed by atoms with E-state index in [9.17, 15) is 0 Å². The monoisotopic (exact) mass is 229 g/mol. The van der Waals surface area contributed by atoms with Gasteiger partial charge in [0.15, 0.2) is 0 Å². The molecular formula is C9H12BrNO. The molecule has 0 N–H and O–H groups in total. The zero-order chi connectivity index (χ0) is 9.19. The van der Waals surface area contributed by atoms with Gasteiger partial charge in [0.2, 0.25) is 0 Å². The van der Waals surface area contributed by atoms with Crippen molar-refractivity contribution < 1.29 is 4.74 Å². The Bertz CT molecular complexity index is 256. The van der Waals surface area contributed by atoms with Crippen LogP contribution in [-0.2, 0) is 10.3 Å². The molecule has 1 rings (SSSR count). The highest BCUT2D eigenvalue weighted by atomic mass is 79.9. The molecule has 1 aromatic heterocycles. The first-order valence-electron chi connectivity index (χ1n) is 3.73. The van der Waals surface area contributed by atoms with Gasteiger partial charge in [-0.15, -0.1) is 0 Å². The zero-order valence-electron chi connectivity index (χ0n) is 7.47. The first-order chi connectivity index (χ1) is 5.56. The van der Waals surface area contributed by atoms with Gasteiger partial charge in [-0.1, -0.05) is 6.07 Å². The Labute approximate surface area is 81.1 Å². The Morgan fingerprint density at radius 1 is 1.42 bits per heavy atom. The number of hydrogen-bond acceptors (Lipinski definition) is 2. The normalized spacial score (nSPS) is 11.7. The molecule has 0 aliphatic carbocycles. The number of pyridine rings is 1. The van der Waals surface area contributed by atoms with Gasteiger partial charge in [0.1, 0.15) is 4.60 Å². The average Bonchev–Trinajstić information content (AvgIpc) is 2.05. The van der Waals surface area contributed by atoms with E-state index in [2.05, 4.69) is 20.9 Å². The molecule has 0 radical (unpaired) electrons.